The Morgan fingerprint density at radius 1 is 1.43 bits per heavy atom. The third kappa shape index (κ3) is 2.94. The van der Waals surface area contributed by atoms with Crippen LogP contribution in [0.2, 0.25) is 0 Å². The van der Waals surface area contributed by atoms with Crippen LogP contribution in [0.3, 0.4) is 0 Å². The molecule has 1 heterocycles. The lowest BCUT2D eigenvalue weighted by atomic mass is 10.1. The molecule has 0 aliphatic rings. The van der Waals surface area contributed by atoms with Crippen LogP contribution in [0.25, 0.3) is 0 Å². The first-order chi connectivity index (χ1) is 9.90. The molecule has 7 nitrogen and oxygen atoms in total. The number of carbonyl (C=O) groups is 1. The highest BCUT2D eigenvalue weighted by Gasteiger charge is 2.19. The maximum atomic E-state index is 13.5. The second kappa shape index (κ2) is 5.53. The van der Waals surface area contributed by atoms with Crippen LogP contribution in [0.5, 0.6) is 11.6 Å². The van der Waals surface area contributed by atoms with Gasteiger partial charge in [0.05, 0.1) is 4.92 Å². The summed E-state index contributed by atoms with van der Waals surface area (Å²) in [5.74, 6) is -2.62. The average Bonchev–Trinajstić information content (AvgIpc) is 2.37. The molecular formula is C13H9FN2O5. The Morgan fingerprint density at radius 3 is 2.71 bits per heavy atom. The lowest BCUT2D eigenvalue weighted by Crippen LogP contribution is -2.04. The van der Waals surface area contributed by atoms with Crippen molar-refractivity contribution < 1.29 is 24.0 Å². The largest absolute Gasteiger partial charge is 0.477 e. The summed E-state index contributed by atoms with van der Waals surface area (Å²) in [6.45, 7) is 1.56. The highest BCUT2D eigenvalue weighted by Crippen LogP contribution is 2.28. The van der Waals surface area contributed by atoms with Gasteiger partial charge in [-0.15, -0.1) is 0 Å². The summed E-state index contributed by atoms with van der Waals surface area (Å²) in [6.07, 6.45) is 1.35. The zero-order valence-electron chi connectivity index (χ0n) is 10.7. The Morgan fingerprint density at radius 2 is 2.14 bits per heavy atom. The van der Waals surface area contributed by atoms with Crippen molar-refractivity contribution in [2.75, 3.05) is 0 Å². The van der Waals surface area contributed by atoms with Gasteiger partial charge in [-0.1, -0.05) is 0 Å². The fourth-order valence-electron chi connectivity index (χ4n) is 1.68. The maximum Gasteiger partial charge on any atom is 0.341 e. The van der Waals surface area contributed by atoms with Gasteiger partial charge in [-0.2, -0.15) is 4.39 Å². The molecule has 0 saturated heterocycles. The number of nitro groups is 1. The summed E-state index contributed by atoms with van der Waals surface area (Å²) >= 11 is 0. The van der Waals surface area contributed by atoms with E-state index in [0.717, 1.165) is 18.2 Å². The second-order valence-corrected chi connectivity index (χ2v) is 4.09. The summed E-state index contributed by atoms with van der Waals surface area (Å²) in [6, 6.07) is 4.39. The lowest BCUT2D eigenvalue weighted by Gasteiger charge is -2.09. The van der Waals surface area contributed by atoms with Crippen molar-refractivity contribution in [1.29, 1.82) is 0 Å². The highest BCUT2D eigenvalue weighted by atomic mass is 19.1. The molecule has 108 valence electrons. The molecule has 8 heteroatoms. The van der Waals surface area contributed by atoms with Gasteiger partial charge in [0, 0.05) is 18.3 Å². The minimum Gasteiger partial charge on any atom is -0.477 e. The van der Waals surface area contributed by atoms with Crippen LogP contribution < -0.4 is 4.74 Å². The maximum absolute atomic E-state index is 13.5. The predicted octanol–water partition coefficient (Wildman–Crippen LogP) is 2.93. The predicted molar refractivity (Wildman–Crippen MR) is 69.1 cm³/mol. The fourth-order valence-corrected chi connectivity index (χ4v) is 1.68. The number of carboxylic acid groups (broad SMARTS) is 1. The number of nitrogens with zero attached hydrogens (tertiary/aromatic N) is 2. The number of aryl methyl sites for hydroxylation is 1. The van der Waals surface area contributed by atoms with E-state index in [0.29, 0.717) is 5.56 Å². The molecule has 0 fully saturated rings. The normalized spacial score (nSPS) is 10.2. The minimum absolute atomic E-state index is 0.0845. The van der Waals surface area contributed by atoms with Crippen molar-refractivity contribution in [3.05, 3.63) is 57.5 Å². The number of ether oxygens (including phenoxy) is 1. The molecule has 1 aromatic heterocycles. The van der Waals surface area contributed by atoms with Crippen molar-refractivity contribution >= 4 is 11.7 Å². The number of aromatic nitrogens is 1. The number of nitro benzene ring substituents is 1. The van der Waals surface area contributed by atoms with Gasteiger partial charge in [-0.25, -0.2) is 9.78 Å². The van der Waals surface area contributed by atoms with Crippen LogP contribution in [0.15, 0.2) is 30.5 Å². The molecule has 0 aliphatic heterocycles. The van der Waals surface area contributed by atoms with E-state index in [1.807, 2.05) is 0 Å². The smallest absolute Gasteiger partial charge is 0.341 e. The molecule has 1 N–H and O–H groups in total. The van der Waals surface area contributed by atoms with Gasteiger partial charge in [0.15, 0.2) is 0 Å². The fraction of sp³-hybridized carbons (Fsp3) is 0.0769. The average molecular weight is 292 g/mol. The van der Waals surface area contributed by atoms with E-state index in [2.05, 4.69) is 4.98 Å². The Kier molecular flexibility index (Phi) is 3.79. The third-order valence-corrected chi connectivity index (χ3v) is 2.67. The third-order valence-electron chi connectivity index (χ3n) is 2.67. The Bertz CT molecular complexity index is 732. The number of aromatic carboxylic acids is 1. The molecule has 0 radical (unpaired) electrons. The monoisotopic (exact) mass is 292 g/mol. The first-order valence-electron chi connectivity index (χ1n) is 5.71. The molecule has 2 aromatic rings. The zero-order valence-corrected chi connectivity index (χ0v) is 10.7. The van der Waals surface area contributed by atoms with Crippen LogP contribution in [0, 0.1) is 22.9 Å². The van der Waals surface area contributed by atoms with Gasteiger partial charge < -0.3 is 9.84 Å². The van der Waals surface area contributed by atoms with Crippen LogP contribution in [-0.4, -0.2) is 21.0 Å². The molecule has 0 amide bonds. The van der Waals surface area contributed by atoms with E-state index in [1.54, 1.807) is 6.92 Å². The molecule has 0 aliphatic carbocycles. The van der Waals surface area contributed by atoms with Gasteiger partial charge in [0.2, 0.25) is 11.7 Å². The van der Waals surface area contributed by atoms with Crippen molar-refractivity contribution in [1.82, 2.24) is 4.98 Å². The quantitative estimate of drug-likeness (QED) is 0.686. The van der Waals surface area contributed by atoms with Gasteiger partial charge in [-0.05, 0) is 24.6 Å². The second-order valence-electron chi connectivity index (χ2n) is 4.09. The van der Waals surface area contributed by atoms with E-state index in [1.165, 1.54) is 12.3 Å². The number of pyridine rings is 1. The van der Waals surface area contributed by atoms with E-state index < -0.39 is 22.4 Å². The first-order valence-corrected chi connectivity index (χ1v) is 5.71. The standard InChI is InChI=1S/C13H9FN2O5/c1-7-4-5-15-12(11(7)13(17)18)21-8-2-3-10(16(19)20)9(14)6-8/h2-6H,1H3,(H,17,18). The van der Waals surface area contributed by atoms with Crippen LogP contribution >= 0.6 is 0 Å². The Hall–Kier alpha value is -3.03. The van der Waals surface area contributed by atoms with E-state index in [-0.39, 0.29) is 17.2 Å². The van der Waals surface area contributed by atoms with E-state index >= 15 is 0 Å². The van der Waals surface area contributed by atoms with Crippen molar-refractivity contribution in [2.24, 2.45) is 0 Å². The summed E-state index contributed by atoms with van der Waals surface area (Å²) in [5, 5.41) is 19.6. The number of benzene rings is 1. The van der Waals surface area contributed by atoms with Crippen LogP contribution in [0.1, 0.15) is 15.9 Å². The van der Waals surface area contributed by atoms with Crippen LogP contribution in [0.4, 0.5) is 10.1 Å². The van der Waals surface area contributed by atoms with Gasteiger partial charge in [0.1, 0.15) is 11.3 Å². The van der Waals surface area contributed by atoms with Crippen LogP contribution in [-0.2, 0) is 0 Å². The van der Waals surface area contributed by atoms with Gasteiger partial charge in [-0.3, -0.25) is 10.1 Å². The number of carboxylic acids is 1. The zero-order chi connectivity index (χ0) is 15.6. The molecule has 1 aromatic carbocycles. The van der Waals surface area contributed by atoms with E-state index in [4.69, 9.17) is 9.84 Å². The number of hydrogen-bond donors (Lipinski definition) is 1. The number of halogens is 1. The minimum atomic E-state index is -1.24. The molecular weight excluding hydrogens is 283 g/mol. The lowest BCUT2D eigenvalue weighted by molar-refractivity contribution is -0.387. The highest BCUT2D eigenvalue weighted by molar-refractivity contribution is 5.91. The topological polar surface area (TPSA) is 103 Å². The molecule has 21 heavy (non-hydrogen) atoms. The van der Waals surface area contributed by atoms with Gasteiger partial charge in [0.25, 0.3) is 0 Å². The molecule has 0 bridgehead atoms. The summed E-state index contributed by atoms with van der Waals surface area (Å²) in [7, 11) is 0. The van der Waals surface area contributed by atoms with Crippen molar-refractivity contribution in [2.45, 2.75) is 6.92 Å². The summed E-state index contributed by atoms with van der Waals surface area (Å²) in [5.41, 5.74) is -0.427. The van der Waals surface area contributed by atoms with Crippen molar-refractivity contribution in [3.63, 3.8) is 0 Å². The Labute approximate surface area is 117 Å². The summed E-state index contributed by atoms with van der Waals surface area (Å²) < 4.78 is 18.7. The van der Waals surface area contributed by atoms with Crippen molar-refractivity contribution in [3.8, 4) is 11.6 Å². The SMILES string of the molecule is Cc1ccnc(Oc2ccc([N+](=O)[O-])c(F)c2)c1C(=O)O. The molecule has 0 unspecified atom stereocenters. The molecule has 2 rings (SSSR count). The molecule has 0 atom stereocenters. The number of hydrogen-bond acceptors (Lipinski definition) is 5. The van der Waals surface area contributed by atoms with Gasteiger partial charge >= 0.3 is 11.7 Å². The first kappa shape index (κ1) is 14.4. The number of rotatable bonds is 4. The van der Waals surface area contributed by atoms with E-state index in [9.17, 15) is 19.3 Å². The molecule has 0 saturated carbocycles. The Balaban J connectivity index is 2.39. The summed E-state index contributed by atoms with van der Waals surface area (Å²) in [4.78, 5) is 24.6. The molecule has 0 spiro atoms.